The molecule has 2 N–H and O–H groups in total. The summed E-state index contributed by atoms with van der Waals surface area (Å²) < 4.78 is 5.00. The van der Waals surface area contributed by atoms with Crippen LogP contribution in [0.4, 0.5) is 10.5 Å². The van der Waals surface area contributed by atoms with E-state index in [4.69, 9.17) is 4.74 Å². The van der Waals surface area contributed by atoms with Crippen molar-refractivity contribution >= 4 is 18.1 Å². The van der Waals surface area contributed by atoms with E-state index in [0.29, 0.717) is 6.29 Å². The summed E-state index contributed by atoms with van der Waals surface area (Å²) >= 11 is 0. The number of nitro benzene ring substituents is 1. The summed E-state index contributed by atoms with van der Waals surface area (Å²) in [6, 6.07) is 11.4. The van der Waals surface area contributed by atoms with Crippen LogP contribution in [-0.2, 0) is 11.3 Å². The fourth-order valence-corrected chi connectivity index (χ4v) is 1.98. The van der Waals surface area contributed by atoms with E-state index in [1.165, 1.54) is 6.07 Å². The number of alkyl carbamates (subject to hydrolysis) is 1. The van der Waals surface area contributed by atoms with Gasteiger partial charge in [0.05, 0.1) is 17.0 Å². The number of hydrogen-bond donors (Lipinski definition) is 2. The van der Waals surface area contributed by atoms with Crippen LogP contribution in [0.2, 0.25) is 0 Å². The smallest absolute Gasteiger partial charge is 0.408 e. The van der Waals surface area contributed by atoms with Crippen molar-refractivity contribution in [1.29, 1.82) is 0 Å². The first-order chi connectivity index (χ1) is 12.5. The summed E-state index contributed by atoms with van der Waals surface area (Å²) in [5, 5.41) is 22.9. The molecule has 0 aliphatic rings. The number of nitrogens with zero attached hydrogens (tertiary/aromatic N) is 1. The number of aromatic hydroxyl groups is 1. The predicted molar refractivity (Wildman–Crippen MR) is 91.7 cm³/mol. The molecule has 0 fully saturated rings. The summed E-state index contributed by atoms with van der Waals surface area (Å²) in [5.74, 6) is 4.45. The molecule has 2 aromatic rings. The lowest BCUT2D eigenvalue weighted by Crippen LogP contribution is -2.24. The van der Waals surface area contributed by atoms with Gasteiger partial charge in [0.25, 0.3) is 0 Å². The third-order valence-electron chi connectivity index (χ3n) is 3.21. The van der Waals surface area contributed by atoms with E-state index in [1.807, 2.05) is 30.3 Å². The van der Waals surface area contributed by atoms with Gasteiger partial charge in [0, 0.05) is 11.6 Å². The third kappa shape index (κ3) is 5.07. The number of nitro groups is 1. The van der Waals surface area contributed by atoms with Crippen LogP contribution >= 0.6 is 0 Å². The molecule has 0 bridgehead atoms. The Kier molecular flexibility index (Phi) is 6.28. The lowest BCUT2D eigenvalue weighted by molar-refractivity contribution is -0.385. The summed E-state index contributed by atoms with van der Waals surface area (Å²) in [7, 11) is 0. The maximum atomic E-state index is 11.5. The van der Waals surface area contributed by atoms with Gasteiger partial charge in [-0.25, -0.2) is 4.79 Å². The van der Waals surface area contributed by atoms with Crippen molar-refractivity contribution in [2.75, 3.05) is 6.54 Å². The largest absolute Gasteiger partial charge is 0.502 e. The Hall–Kier alpha value is -3.86. The van der Waals surface area contributed by atoms with Gasteiger partial charge in [-0.05, 0) is 11.6 Å². The Morgan fingerprint density at radius 1 is 1.31 bits per heavy atom. The second-order valence-electron chi connectivity index (χ2n) is 5.03. The number of nitrogens with one attached hydrogen (secondary N) is 1. The number of aldehydes is 1. The van der Waals surface area contributed by atoms with Crippen molar-refractivity contribution < 1.29 is 24.4 Å². The summed E-state index contributed by atoms with van der Waals surface area (Å²) in [5.41, 5.74) is 0.149. The minimum Gasteiger partial charge on any atom is -0.502 e. The third-order valence-corrected chi connectivity index (χ3v) is 3.21. The average Bonchev–Trinajstić information content (AvgIpc) is 2.65. The molecule has 8 nitrogen and oxygen atoms in total. The Labute approximate surface area is 148 Å². The van der Waals surface area contributed by atoms with Gasteiger partial charge in [-0.2, -0.15) is 0 Å². The van der Waals surface area contributed by atoms with Crippen molar-refractivity contribution in [3.8, 4) is 17.6 Å². The van der Waals surface area contributed by atoms with Gasteiger partial charge in [-0.3, -0.25) is 14.9 Å². The number of phenolic OH excluding ortho intramolecular Hbond substituents is 1. The maximum Gasteiger partial charge on any atom is 0.408 e. The number of ether oxygens (including phenoxy) is 1. The van der Waals surface area contributed by atoms with Crippen LogP contribution in [0.1, 0.15) is 21.5 Å². The van der Waals surface area contributed by atoms with Crippen molar-refractivity contribution in [2.45, 2.75) is 6.61 Å². The molecule has 8 heteroatoms. The van der Waals surface area contributed by atoms with Crippen LogP contribution < -0.4 is 5.32 Å². The van der Waals surface area contributed by atoms with Gasteiger partial charge >= 0.3 is 11.8 Å². The highest BCUT2D eigenvalue weighted by molar-refractivity contribution is 5.83. The molecule has 26 heavy (non-hydrogen) atoms. The number of carbonyl (C=O) groups is 2. The van der Waals surface area contributed by atoms with Crippen molar-refractivity contribution in [3.05, 3.63) is 69.3 Å². The SMILES string of the molecule is O=Cc1cc(C#CCNC(=O)OCc2ccccc2)cc([N+](=O)[O-])c1O. The zero-order valence-electron chi connectivity index (χ0n) is 13.5. The Bertz CT molecular complexity index is 884. The van der Waals surface area contributed by atoms with Gasteiger partial charge in [0.15, 0.2) is 6.29 Å². The van der Waals surface area contributed by atoms with E-state index in [9.17, 15) is 24.8 Å². The molecule has 2 rings (SSSR count). The second-order valence-corrected chi connectivity index (χ2v) is 5.03. The molecule has 0 aliphatic carbocycles. The standard InChI is InChI=1S/C18H14N2O6/c21-11-15-9-14(10-16(17(15)22)20(24)25)7-4-8-19-18(23)26-12-13-5-2-1-3-6-13/h1-3,5-6,9-11,22H,8,12H2,(H,19,23). The molecule has 2 aromatic carbocycles. The first-order valence-electron chi connectivity index (χ1n) is 7.41. The second kappa shape index (κ2) is 8.84. The minimum absolute atomic E-state index is 0.0568. The maximum absolute atomic E-state index is 11.5. The Morgan fingerprint density at radius 3 is 2.69 bits per heavy atom. The number of rotatable bonds is 5. The monoisotopic (exact) mass is 354 g/mol. The zero-order valence-corrected chi connectivity index (χ0v) is 13.5. The molecule has 0 saturated heterocycles. The first-order valence-corrected chi connectivity index (χ1v) is 7.41. The molecular formula is C18H14N2O6. The van der Waals surface area contributed by atoms with Gasteiger partial charge in [-0.1, -0.05) is 42.2 Å². The lowest BCUT2D eigenvalue weighted by atomic mass is 10.1. The molecule has 0 unspecified atom stereocenters. The summed E-state index contributed by atoms with van der Waals surface area (Å²) in [6.07, 6.45) is -0.361. The number of phenols is 1. The van der Waals surface area contributed by atoms with E-state index in [1.54, 1.807) is 0 Å². The molecule has 132 valence electrons. The number of hydrogen-bond acceptors (Lipinski definition) is 6. The van der Waals surface area contributed by atoms with Crippen LogP contribution in [-0.4, -0.2) is 29.0 Å². The minimum atomic E-state index is -0.813. The topological polar surface area (TPSA) is 119 Å². The van der Waals surface area contributed by atoms with Crippen LogP contribution in [0, 0.1) is 22.0 Å². The van der Waals surface area contributed by atoms with Crippen LogP contribution in [0.15, 0.2) is 42.5 Å². The molecular weight excluding hydrogens is 340 g/mol. The average molecular weight is 354 g/mol. The predicted octanol–water partition coefficient (Wildman–Crippen LogP) is 2.39. The highest BCUT2D eigenvalue weighted by Crippen LogP contribution is 2.29. The zero-order chi connectivity index (χ0) is 18.9. The molecule has 0 atom stereocenters. The van der Waals surface area contributed by atoms with E-state index in [0.717, 1.165) is 11.6 Å². The molecule has 1 amide bonds. The van der Waals surface area contributed by atoms with Gasteiger partial charge in [0.1, 0.15) is 6.61 Å². The molecule has 0 saturated carbocycles. The van der Waals surface area contributed by atoms with E-state index >= 15 is 0 Å². The fourth-order valence-electron chi connectivity index (χ4n) is 1.98. The fraction of sp³-hybridized carbons (Fsp3) is 0.111. The quantitative estimate of drug-likeness (QED) is 0.368. The normalized spacial score (nSPS) is 9.54. The van der Waals surface area contributed by atoms with Crippen molar-refractivity contribution in [2.24, 2.45) is 0 Å². The molecule has 0 aromatic heterocycles. The number of amides is 1. The van der Waals surface area contributed by atoms with E-state index < -0.39 is 22.5 Å². The summed E-state index contributed by atoms with van der Waals surface area (Å²) in [6.45, 7) is 0.0612. The number of carbonyl (C=O) groups excluding carboxylic acids is 2. The van der Waals surface area contributed by atoms with Crippen molar-refractivity contribution in [3.63, 3.8) is 0 Å². The van der Waals surface area contributed by atoms with Gasteiger partial charge < -0.3 is 15.2 Å². The molecule has 0 spiro atoms. The highest BCUT2D eigenvalue weighted by atomic mass is 16.6. The van der Waals surface area contributed by atoms with Gasteiger partial charge in [0.2, 0.25) is 5.75 Å². The molecule has 0 aliphatic heterocycles. The highest BCUT2D eigenvalue weighted by Gasteiger charge is 2.18. The lowest BCUT2D eigenvalue weighted by Gasteiger charge is -2.04. The Morgan fingerprint density at radius 2 is 2.04 bits per heavy atom. The first kappa shape index (κ1) is 18.5. The van der Waals surface area contributed by atoms with Crippen LogP contribution in [0.3, 0.4) is 0 Å². The van der Waals surface area contributed by atoms with Crippen molar-refractivity contribution in [1.82, 2.24) is 5.32 Å². The van der Waals surface area contributed by atoms with Crippen LogP contribution in [0.5, 0.6) is 5.75 Å². The van der Waals surface area contributed by atoms with Gasteiger partial charge in [-0.15, -0.1) is 0 Å². The van der Waals surface area contributed by atoms with E-state index in [2.05, 4.69) is 17.2 Å². The van der Waals surface area contributed by atoms with Crippen LogP contribution in [0.25, 0.3) is 0 Å². The Balaban J connectivity index is 1.93. The van der Waals surface area contributed by atoms with E-state index in [-0.39, 0.29) is 24.3 Å². The molecule has 0 radical (unpaired) electrons. The number of benzene rings is 2. The summed E-state index contributed by atoms with van der Waals surface area (Å²) in [4.78, 5) is 32.5. The molecule has 0 heterocycles.